The summed E-state index contributed by atoms with van der Waals surface area (Å²) in [5, 5.41) is 4.08. The second kappa shape index (κ2) is 6.24. The lowest BCUT2D eigenvalue weighted by molar-refractivity contribution is -0.143. The number of carbonyl (C=O) groups is 1. The molecule has 0 amide bonds. The van der Waals surface area contributed by atoms with Gasteiger partial charge in [-0.1, -0.05) is 29.3 Å². The van der Waals surface area contributed by atoms with Gasteiger partial charge in [0.05, 0.1) is 7.11 Å². The SMILES string of the molecule is COC(=O)C(NC(C)C)c1ccc(Cl)cc1Cl. The van der Waals surface area contributed by atoms with Gasteiger partial charge in [0, 0.05) is 16.1 Å². The van der Waals surface area contributed by atoms with Crippen molar-refractivity contribution < 1.29 is 9.53 Å². The van der Waals surface area contributed by atoms with Crippen molar-refractivity contribution in [3.05, 3.63) is 33.8 Å². The van der Waals surface area contributed by atoms with Crippen molar-refractivity contribution >= 4 is 29.2 Å². The average Bonchev–Trinajstić information content (AvgIpc) is 2.25. The van der Waals surface area contributed by atoms with Crippen molar-refractivity contribution in [1.29, 1.82) is 0 Å². The number of nitrogens with one attached hydrogen (secondary N) is 1. The Labute approximate surface area is 111 Å². The first-order valence-corrected chi connectivity index (χ1v) is 6.00. The summed E-state index contributed by atoms with van der Waals surface area (Å²) in [4.78, 5) is 11.7. The Morgan fingerprint density at radius 2 is 2.00 bits per heavy atom. The Balaban J connectivity index is 3.08. The summed E-state index contributed by atoms with van der Waals surface area (Å²) in [6.45, 7) is 3.89. The highest BCUT2D eigenvalue weighted by Gasteiger charge is 2.24. The lowest BCUT2D eigenvalue weighted by atomic mass is 10.1. The highest BCUT2D eigenvalue weighted by Crippen LogP contribution is 2.27. The van der Waals surface area contributed by atoms with Crippen LogP contribution in [0.25, 0.3) is 0 Å². The lowest BCUT2D eigenvalue weighted by Gasteiger charge is -2.20. The van der Waals surface area contributed by atoms with Gasteiger partial charge in [0.2, 0.25) is 0 Å². The van der Waals surface area contributed by atoms with Crippen LogP contribution in [0.4, 0.5) is 0 Å². The van der Waals surface area contributed by atoms with Gasteiger partial charge in [-0.05, 0) is 31.5 Å². The summed E-state index contributed by atoms with van der Waals surface area (Å²) in [5.41, 5.74) is 0.664. The monoisotopic (exact) mass is 275 g/mol. The fraction of sp³-hybridized carbons (Fsp3) is 0.417. The number of ether oxygens (including phenoxy) is 1. The Hall–Kier alpha value is -0.770. The van der Waals surface area contributed by atoms with Crippen LogP contribution >= 0.6 is 23.2 Å². The second-order valence-electron chi connectivity index (χ2n) is 3.94. The topological polar surface area (TPSA) is 38.3 Å². The molecule has 1 unspecified atom stereocenters. The largest absolute Gasteiger partial charge is 0.468 e. The van der Waals surface area contributed by atoms with Gasteiger partial charge in [0.15, 0.2) is 0 Å². The van der Waals surface area contributed by atoms with E-state index < -0.39 is 6.04 Å². The first-order valence-electron chi connectivity index (χ1n) is 5.24. The first kappa shape index (κ1) is 14.3. The molecule has 0 bridgehead atoms. The Morgan fingerprint density at radius 3 is 2.47 bits per heavy atom. The molecule has 0 aliphatic rings. The van der Waals surface area contributed by atoms with Crippen LogP contribution in [0.3, 0.4) is 0 Å². The highest BCUT2D eigenvalue weighted by molar-refractivity contribution is 6.35. The molecular weight excluding hydrogens is 261 g/mol. The van der Waals surface area contributed by atoms with Crippen molar-refractivity contribution in [2.75, 3.05) is 7.11 Å². The molecule has 1 aromatic rings. The van der Waals surface area contributed by atoms with E-state index in [2.05, 4.69) is 5.32 Å². The molecule has 17 heavy (non-hydrogen) atoms. The molecule has 94 valence electrons. The molecule has 0 saturated carbocycles. The standard InChI is InChI=1S/C12H15Cl2NO2/c1-7(2)15-11(12(16)17-3)9-5-4-8(13)6-10(9)14/h4-7,11,15H,1-3H3. The molecule has 1 atom stereocenters. The third-order valence-electron chi connectivity index (χ3n) is 2.21. The third kappa shape index (κ3) is 3.87. The van der Waals surface area contributed by atoms with E-state index in [0.29, 0.717) is 15.6 Å². The fourth-order valence-corrected chi connectivity index (χ4v) is 1.99. The van der Waals surface area contributed by atoms with Crippen LogP contribution in [0.15, 0.2) is 18.2 Å². The van der Waals surface area contributed by atoms with Crippen LogP contribution in [0, 0.1) is 0 Å². The smallest absolute Gasteiger partial charge is 0.327 e. The molecule has 0 radical (unpaired) electrons. The van der Waals surface area contributed by atoms with E-state index in [-0.39, 0.29) is 12.0 Å². The summed E-state index contributed by atoms with van der Waals surface area (Å²) in [5.74, 6) is -0.372. The van der Waals surface area contributed by atoms with Crippen LogP contribution in [0.5, 0.6) is 0 Å². The average molecular weight is 276 g/mol. The zero-order chi connectivity index (χ0) is 13.0. The number of rotatable bonds is 4. The predicted octanol–water partition coefficient (Wildman–Crippen LogP) is 3.21. The van der Waals surface area contributed by atoms with Crippen LogP contribution < -0.4 is 5.32 Å². The maximum absolute atomic E-state index is 11.7. The number of benzene rings is 1. The van der Waals surface area contributed by atoms with Crippen molar-refractivity contribution in [3.8, 4) is 0 Å². The maximum atomic E-state index is 11.7. The van der Waals surface area contributed by atoms with Crippen LogP contribution in [-0.4, -0.2) is 19.1 Å². The number of esters is 1. The van der Waals surface area contributed by atoms with E-state index >= 15 is 0 Å². The van der Waals surface area contributed by atoms with E-state index in [1.54, 1.807) is 18.2 Å². The van der Waals surface area contributed by atoms with Crippen LogP contribution in [0.2, 0.25) is 10.0 Å². The van der Waals surface area contributed by atoms with Crippen LogP contribution in [0.1, 0.15) is 25.5 Å². The van der Waals surface area contributed by atoms with E-state index in [9.17, 15) is 4.79 Å². The third-order valence-corrected chi connectivity index (χ3v) is 2.77. The summed E-state index contributed by atoms with van der Waals surface area (Å²) in [6.07, 6.45) is 0. The molecule has 3 nitrogen and oxygen atoms in total. The summed E-state index contributed by atoms with van der Waals surface area (Å²) >= 11 is 11.9. The summed E-state index contributed by atoms with van der Waals surface area (Å²) in [6, 6.07) is 4.58. The Bertz CT molecular complexity index is 407. The summed E-state index contributed by atoms with van der Waals surface area (Å²) < 4.78 is 4.76. The van der Waals surface area contributed by atoms with Gasteiger partial charge in [-0.15, -0.1) is 0 Å². The van der Waals surface area contributed by atoms with E-state index in [0.717, 1.165) is 0 Å². The molecule has 1 rings (SSSR count). The van der Waals surface area contributed by atoms with E-state index in [4.69, 9.17) is 27.9 Å². The molecule has 0 aliphatic carbocycles. The summed E-state index contributed by atoms with van der Waals surface area (Å²) in [7, 11) is 1.35. The minimum Gasteiger partial charge on any atom is -0.468 e. The van der Waals surface area contributed by atoms with Gasteiger partial charge >= 0.3 is 5.97 Å². The number of carbonyl (C=O) groups excluding carboxylic acids is 1. The minimum atomic E-state index is -0.579. The Morgan fingerprint density at radius 1 is 1.35 bits per heavy atom. The van der Waals surface area contributed by atoms with Crippen molar-refractivity contribution in [2.24, 2.45) is 0 Å². The fourth-order valence-electron chi connectivity index (χ4n) is 1.47. The molecule has 1 aromatic carbocycles. The predicted molar refractivity (Wildman–Crippen MR) is 69.5 cm³/mol. The van der Waals surface area contributed by atoms with Crippen molar-refractivity contribution in [1.82, 2.24) is 5.32 Å². The first-order chi connectivity index (χ1) is 7.95. The molecule has 5 heteroatoms. The second-order valence-corrected chi connectivity index (χ2v) is 4.79. The number of hydrogen-bond donors (Lipinski definition) is 1. The Kier molecular flexibility index (Phi) is 5.25. The maximum Gasteiger partial charge on any atom is 0.327 e. The van der Waals surface area contributed by atoms with Crippen LogP contribution in [-0.2, 0) is 9.53 Å². The quantitative estimate of drug-likeness (QED) is 0.858. The molecule has 0 aliphatic heterocycles. The molecule has 0 heterocycles. The van der Waals surface area contributed by atoms with Gasteiger partial charge in [-0.3, -0.25) is 5.32 Å². The molecule has 0 fully saturated rings. The highest BCUT2D eigenvalue weighted by atomic mass is 35.5. The van der Waals surface area contributed by atoms with E-state index in [1.807, 2.05) is 13.8 Å². The minimum absolute atomic E-state index is 0.130. The number of hydrogen-bond acceptors (Lipinski definition) is 3. The molecule has 0 spiro atoms. The van der Waals surface area contributed by atoms with Gasteiger partial charge in [-0.25, -0.2) is 4.79 Å². The number of halogens is 2. The normalized spacial score (nSPS) is 12.6. The lowest BCUT2D eigenvalue weighted by Crippen LogP contribution is -2.34. The van der Waals surface area contributed by atoms with Crippen molar-refractivity contribution in [3.63, 3.8) is 0 Å². The van der Waals surface area contributed by atoms with Crippen molar-refractivity contribution in [2.45, 2.75) is 25.9 Å². The van der Waals surface area contributed by atoms with Gasteiger partial charge in [0.1, 0.15) is 6.04 Å². The zero-order valence-corrected chi connectivity index (χ0v) is 11.5. The molecule has 1 N–H and O–H groups in total. The molecule has 0 aromatic heterocycles. The van der Waals surface area contributed by atoms with Gasteiger partial charge in [-0.2, -0.15) is 0 Å². The molecular formula is C12H15Cl2NO2. The molecule has 0 saturated heterocycles. The van der Waals surface area contributed by atoms with Gasteiger partial charge < -0.3 is 4.74 Å². The number of methoxy groups -OCH3 is 1. The van der Waals surface area contributed by atoms with Gasteiger partial charge in [0.25, 0.3) is 0 Å². The van der Waals surface area contributed by atoms with E-state index in [1.165, 1.54) is 7.11 Å². The zero-order valence-electron chi connectivity index (χ0n) is 9.96.